The van der Waals surface area contributed by atoms with Gasteiger partial charge in [-0.15, -0.1) is 0 Å². The molecule has 0 unspecified atom stereocenters. The lowest BCUT2D eigenvalue weighted by atomic mass is 10.5. The van der Waals surface area contributed by atoms with Gasteiger partial charge >= 0.3 is 16.2 Å². The summed E-state index contributed by atoms with van der Waals surface area (Å²) < 4.78 is 25.2. The van der Waals surface area contributed by atoms with Gasteiger partial charge in [0.2, 0.25) is 0 Å². The van der Waals surface area contributed by atoms with Gasteiger partial charge in [-0.25, -0.2) is 4.79 Å². The standard InChI is InChI=1S/C4H7NO4S/c6-4-5-2-1-3-10(7,8)9-4/h1-3H2,(H,5,6). The van der Waals surface area contributed by atoms with E-state index < -0.39 is 16.2 Å². The molecule has 1 aliphatic heterocycles. The first-order chi connectivity index (χ1) is 4.60. The monoisotopic (exact) mass is 165 g/mol. The molecule has 0 aliphatic carbocycles. The predicted octanol–water partition coefficient (Wildman–Crippen LogP) is -0.554. The summed E-state index contributed by atoms with van der Waals surface area (Å²) in [6.07, 6.45) is -0.467. The summed E-state index contributed by atoms with van der Waals surface area (Å²) >= 11 is 0. The van der Waals surface area contributed by atoms with Crippen molar-refractivity contribution in [2.45, 2.75) is 6.42 Å². The molecule has 1 amide bonds. The summed E-state index contributed by atoms with van der Waals surface area (Å²) in [6.45, 7) is 0.359. The van der Waals surface area contributed by atoms with E-state index >= 15 is 0 Å². The first-order valence-corrected chi connectivity index (χ1v) is 4.38. The first-order valence-electron chi connectivity index (χ1n) is 2.80. The average Bonchev–Trinajstić information content (AvgIpc) is 1.90. The molecule has 1 saturated heterocycles. The van der Waals surface area contributed by atoms with Crippen LogP contribution in [0.5, 0.6) is 0 Å². The molecule has 0 aromatic carbocycles. The smallest absolute Gasteiger partial charge is 0.328 e. The molecule has 0 aromatic heterocycles. The van der Waals surface area contributed by atoms with Gasteiger partial charge in [0.1, 0.15) is 0 Å². The van der Waals surface area contributed by atoms with Crippen molar-refractivity contribution in [1.82, 2.24) is 5.32 Å². The number of nitrogens with one attached hydrogen (secondary N) is 1. The Morgan fingerprint density at radius 2 is 2.20 bits per heavy atom. The molecular formula is C4H7NO4S. The summed E-state index contributed by atoms with van der Waals surface area (Å²) in [5.74, 6) is -0.0915. The molecular weight excluding hydrogens is 158 g/mol. The van der Waals surface area contributed by atoms with E-state index in [1.807, 2.05) is 0 Å². The average molecular weight is 165 g/mol. The highest BCUT2D eigenvalue weighted by atomic mass is 32.2. The molecule has 0 radical (unpaired) electrons. The van der Waals surface area contributed by atoms with E-state index in [2.05, 4.69) is 9.50 Å². The molecule has 1 aliphatic rings. The van der Waals surface area contributed by atoms with Gasteiger partial charge in [0, 0.05) is 6.54 Å². The van der Waals surface area contributed by atoms with E-state index in [-0.39, 0.29) is 5.75 Å². The molecule has 58 valence electrons. The fourth-order valence-electron chi connectivity index (χ4n) is 0.626. The second-order valence-electron chi connectivity index (χ2n) is 1.91. The third-order valence-electron chi connectivity index (χ3n) is 1.04. The Labute approximate surface area is 58.5 Å². The van der Waals surface area contributed by atoms with Crippen LogP contribution in [0, 0.1) is 0 Å². The van der Waals surface area contributed by atoms with Crippen molar-refractivity contribution in [3.63, 3.8) is 0 Å². The van der Waals surface area contributed by atoms with Crippen LogP contribution < -0.4 is 5.32 Å². The molecule has 1 heterocycles. The summed E-state index contributed by atoms with van der Waals surface area (Å²) in [5.41, 5.74) is 0. The van der Waals surface area contributed by atoms with E-state index in [1.165, 1.54) is 0 Å². The Morgan fingerprint density at radius 3 is 2.90 bits per heavy atom. The summed E-state index contributed by atoms with van der Waals surface area (Å²) in [7, 11) is -3.58. The summed E-state index contributed by atoms with van der Waals surface area (Å²) in [4.78, 5) is 10.4. The fraction of sp³-hybridized carbons (Fsp3) is 0.750. The van der Waals surface area contributed by atoms with Crippen LogP contribution in [-0.2, 0) is 14.3 Å². The molecule has 0 atom stereocenters. The Hall–Kier alpha value is -0.780. The van der Waals surface area contributed by atoms with E-state index in [1.54, 1.807) is 0 Å². The molecule has 1 N–H and O–H groups in total. The summed E-state index contributed by atoms with van der Waals surface area (Å²) in [5, 5.41) is 2.26. The zero-order chi connectivity index (χ0) is 7.61. The van der Waals surface area contributed by atoms with E-state index in [0.717, 1.165) is 0 Å². The largest absolute Gasteiger partial charge is 0.422 e. The third kappa shape index (κ3) is 1.87. The van der Waals surface area contributed by atoms with Crippen molar-refractivity contribution in [3.8, 4) is 0 Å². The second-order valence-corrected chi connectivity index (χ2v) is 3.60. The molecule has 0 aromatic rings. The van der Waals surface area contributed by atoms with Gasteiger partial charge in [-0.05, 0) is 6.42 Å². The lowest BCUT2D eigenvalue weighted by Crippen LogP contribution is -2.23. The Balaban J connectivity index is 2.73. The SMILES string of the molecule is O=C1NCCCS(=O)(=O)O1. The predicted molar refractivity (Wildman–Crippen MR) is 32.9 cm³/mol. The van der Waals surface area contributed by atoms with Crippen molar-refractivity contribution < 1.29 is 17.4 Å². The number of hydrogen-bond acceptors (Lipinski definition) is 4. The van der Waals surface area contributed by atoms with Crippen LogP contribution >= 0.6 is 0 Å². The van der Waals surface area contributed by atoms with E-state index in [0.29, 0.717) is 13.0 Å². The van der Waals surface area contributed by atoms with Gasteiger partial charge in [0.15, 0.2) is 0 Å². The van der Waals surface area contributed by atoms with E-state index in [4.69, 9.17) is 0 Å². The summed E-state index contributed by atoms with van der Waals surface area (Å²) in [6, 6.07) is 0. The first kappa shape index (κ1) is 7.33. The van der Waals surface area contributed by atoms with Gasteiger partial charge in [0.25, 0.3) is 0 Å². The minimum atomic E-state index is -3.58. The third-order valence-corrected chi connectivity index (χ3v) is 2.24. The minimum Gasteiger partial charge on any atom is -0.328 e. The molecule has 1 fully saturated rings. The van der Waals surface area contributed by atoms with Gasteiger partial charge in [-0.2, -0.15) is 8.42 Å². The maximum Gasteiger partial charge on any atom is 0.422 e. The molecule has 5 nitrogen and oxygen atoms in total. The van der Waals surface area contributed by atoms with Gasteiger partial charge in [-0.3, -0.25) is 0 Å². The lowest BCUT2D eigenvalue weighted by Gasteiger charge is -1.96. The van der Waals surface area contributed by atoms with Gasteiger partial charge < -0.3 is 9.50 Å². The molecule has 6 heteroatoms. The van der Waals surface area contributed by atoms with Crippen molar-refractivity contribution in [2.24, 2.45) is 0 Å². The number of carbonyl (C=O) groups excluding carboxylic acids is 1. The van der Waals surface area contributed by atoms with Gasteiger partial charge in [-0.1, -0.05) is 0 Å². The molecule has 10 heavy (non-hydrogen) atoms. The fourth-order valence-corrected chi connectivity index (χ4v) is 1.50. The molecule has 0 spiro atoms. The highest BCUT2D eigenvalue weighted by Gasteiger charge is 2.19. The lowest BCUT2D eigenvalue weighted by molar-refractivity contribution is 0.204. The highest BCUT2D eigenvalue weighted by Crippen LogP contribution is 1.99. The van der Waals surface area contributed by atoms with Crippen LogP contribution in [0.4, 0.5) is 4.79 Å². The van der Waals surface area contributed by atoms with Crippen LogP contribution in [0.15, 0.2) is 0 Å². The Kier molecular flexibility index (Phi) is 1.80. The van der Waals surface area contributed by atoms with Crippen LogP contribution in [0.2, 0.25) is 0 Å². The normalized spacial score (nSPS) is 24.2. The van der Waals surface area contributed by atoms with Crippen molar-refractivity contribution in [2.75, 3.05) is 12.3 Å². The molecule has 1 rings (SSSR count). The number of rotatable bonds is 0. The van der Waals surface area contributed by atoms with Crippen molar-refractivity contribution >= 4 is 16.2 Å². The Bertz CT molecular complexity index is 232. The Morgan fingerprint density at radius 1 is 1.50 bits per heavy atom. The van der Waals surface area contributed by atoms with Crippen molar-refractivity contribution in [1.29, 1.82) is 0 Å². The topological polar surface area (TPSA) is 72.5 Å². The number of hydrogen-bond donors (Lipinski definition) is 1. The van der Waals surface area contributed by atoms with Crippen molar-refractivity contribution in [3.05, 3.63) is 0 Å². The van der Waals surface area contributed by atoms with Crippen LogP contribution in [-0.4, -0.2) is 26.8 Å². The quantitative estimate of drug-likeness (QED) is 0.488. The van der Waals surface area contributed by atoms with Crippen LogP contribution in [0.1, 0.15) is 6.42 Å². The maximum absolute atomic E-state index is 10.6. The second kappa shape index (κ2) is 2.45. The zero-order valence-electron chi connectivity index (χ0n) is 5.16. The van der Waals surface area contributed by atoms with Crippen LogP contribution in [0.25, 0.3) is 0 Å². The maximum atomic E-state index is 10.6. The van der Waals surface area contributed by atoms with Gasteiger partial charge in [0.05, 0.1) is 5.75 Å². The zero-order valence-corrected chi connectivity index (χ0v) is 5.98. The van der Waals surface area contributed by atoms with Crippen LogP contribution in [0.3, 0.4) is 0 Å². The molecule has 0 saturated carbocycles. The number of amides is 1. The van der Waals surface area contributed by atoms with E-state index in [9.17, 15) is 13.2 Å². The minimum absolute atomic E-state index is 0.0915. The number of carbonyl (C=O) groups is 1. The molecule has 0 bridgehead atoms. The highest BCUT2D eigenvalue weighted by molar-refractivity contribution is 7.87.